The Morgan fingerprint density at radius 1 is 1.37 bits per heavy atom. The quantitative estimate of drug-likeness (QED) is 0.782. The van der Waals surface area contributed by atoms with Crippen LogP contribution in [0.5, 0.6) is 0 Å². The van der Waals surface area contributed by atoms with E-state index in [0.29, 0.717) is 18.7 Å². The topological polar surface area (TPSA) is 58.6 Å². The van der Waals surface area contributed by atoms with Crippen LogP contribution in [-0.2, 0) is 10.2 Å². The van der Waals surface area contributed by atoms with Gasteiger partial charge in [0, 0.05) is 31.3 Å². The Morgan fingerprint density at radius 2 is 2.15 bits per heavy atom. The lowest BCUT2D eigenvalue weighted by Gasteiger charge is -2.53. The fourth-order valence-corrected chi connectivity index (χ4v) is 4.92. The molecular weight excluding hydrogens is 340 g/mol. The molecule has 1 unspecified atom stereocenters. The molecule has 2 aliphatic carbocycles. The number of hydrogen-bond acceptors (Lipinski definition) is 4. The van der Waals surface area contributed by atoms with Crippen LogP contribution in [0.25, 0.3) is 0 Å². The maximum absolute atomic E-state index is 13.3. The number of likely N-dealkylation sites (tertiary alicyclic amines) is 1. The minimum absolute atomic E-state index is 0.0155. The highest BCUT2D eigenvalue weighted by Crippen LogP contribution is 2.49. The Labute approximate surface area is 161 Å². The van der Waals surface area contributed by atoms with E-state index in [-0.39, 0.29) is 29.1 Å². The van der Waals surface area contributed by atoms with Crippen LogP contribution in [0.2, 0.25) is 0 Å². The number of fused-ring (bicyclic) bond motifs is 4. The van der Waals surface area contributed by atoms with Crippen molar-refractivity contribution in [3.05, 3.63) is 34.9 Å². The molecule has 2 fully saturated rings. The second-order valence-electron chi connectivity index (χ2n) is 8.71. The lowest BCUT2D eigenvalue weighted by molar-refractivity contribution is 0.0265. The van der Waals surface area contributed by atoms with Crippen LogP contribution in [0, 0.1) is 11.8 Å². The average molecular weight is 370 g/mol. The van der Waals surface area contributed by atoms with Crippen molar-refractivity contribution in [2.24, 2.45) is 11.8 Å². The van der Waals surface area contributed by atoms with Gasteiger partial charge in [-0.1, -0.05) is 19.9 Å². The van der Waals surface area contributed by atoms with E-state index in [4.69, 9.17) is 4.74 Å². The molecule has 1 aromatic carbocycles. The van der Waals surface area contributed by atoms with Crippen LogP contribution in [0.3, 0.4) is 0 Å². The molecule has 0 spiro atoms. The summed E-state index contributed by atoms with van der Waals surface area (Å²) >= 11 is 0. The number of nitrogens with zero attached hydrogens (tertiary/aromatic N) is 1. The lowest BCUT2D eigenvalue weighted by Crippen LogP contribution is -2.61. The summed E-state index contributed by atoms with van der Waals surface area (Å²) in [5, 5.41) is 2.88. The number of carbonyl (C=O) groups is 2. The molecule has 3 aliphatic rings. The van der Waals surface area contributed by atoms with Gasteiger partial charge in [-0.3, -0.25) is 14.5 Å². The van der Waals surface area contributed by atoms with Gasteiger partial charge in [-0.05, 0) is 60.8 Å². The first kappa shape index (κ1) is 18.6. The van der Waals surface area contributed by atoms with Crippen molar-refractivity contribution in [3.63, 3.8) is 0 Å². The summed E-state index contributed by atoms with van der Waals surface area (Å²) in [5.74, 6) is 1.18. The fraction of sp³-hybridized carbons (Fsp3) is 0.636. The number of Topliss-reactive ketones (excluding diaryl/α,β-unsaturated/α-hetero) is 1. The molecule has 4 rings (SSSR count). The average Bonchev–Trinajstić information content (AvgIpc) is 3.47. The summed E-state index contributed by atoms with van der Waals surface area (Å²) in [6.07, 6.45) is 3.65. The van der Waals surface area contributed by atoms with Gasteiger partial charge in [0.25, 0.3) is 5.91 Å². The van der Waals surface area contributed by atoms with Gasteiger partial charge < -0.3 is 10.1 Å². The van der Waals surface area contributed by atoms with Crippen LogP contribution in [0.15, 0.2) is 18.2 Å². The Hall–Kier alpha value is -1.72. The third-order valence-electron chi connectivity index (χ3n) is 7.00. The predicted octanol–water partition coefficient (Wildman–Crippen LogP) is 2.64. The Bertz CT molecular complexity index is 758. The molecule has 27 heavy (non-hydrogen) atoms. The fourth-order valence-electron chi connectivity index (χ4n) is 4.92. The number of ether oxygens (including phenoxy) is 1. The number of ketones is 1. The summed E-state index contributed by atoms with van der Waals surface area (Å²) in [5.41, 5.74) is 2.44. The van der Waals surface area contributed by atoms with Crippen molar-refractivity contribution in [1.82, 2.24) is 10.2 Å². The number of carbonyl (C=O) groups excluding carboxylic acids is 2. The molecule has 1 amide bonds. The van der Waals surface area contributed by atoms with Gasteiger partial charge in [0.1, 0.15) is 0 Å². The number of piperidine rings is 1. The summed E-state index contributed by atoms with van der Waals surface area (Å²) in [7, 11) is 1.62. The maximum Gasteiger partial charge on any atom is 0.251 e. The first-order valence-corrected chi connectivity index (χ1v) is 10.2. The van der Waals surface area contributed by atoms with Crippen molar-refractivity contribution < 1.29 is 14.3 Å². The van der Waals surface area contributed by atoms with Crippen LogP contribution >= 0.6 is 0 Å². The third-order valence-corrected chi connectivity index (χ3v) is 7.00. The molecule has 1 aromatic rings. The lowest BCUT2D eigenvalue weighted by atomic mass is 9.58. The number of benzene rings is 1. The molecule has 1 saturated heterocycles. The van der Waals surface area contributed by atoms with Crippen molar-refractivity contribution in [3.8, 4) is 0 Å². The van der Waals surface area contributed by atoms with Crippen LogP contribution < -0.4 is 5.32 Å². The Kier molecular flexibility index (Phi) is 4.85. The largest absolute Gasteiger partial charge is 0.383 e. The van der Waals surface area contributed by atoms with Gasteiger partial charge in [-0.15, -0.1) is 0 Å². The SMILES string of the molecule is COCCNC(=O)c1ccc2c(c1)[C@]1(C)CCN(CC3CC3)C(C2=O)[C@@H]1C. The number of rotatable bonds is 6. The second kappa shape index (κ2) is 7.02. The summed E-state index contributed by atoms with van der Waals surface area (Å²) in [4.78, 5) is 28.2. The highest BCUT2D eigenvalue weighted by molar-refractivity contribution is 6.05. The van der Waals surface area contributed by atoms with E-state index >= 15 is 0 Å². The second-order valence-corrected chi connectivity index (χ2v) is 8.71. The molecular formula is C22H30N2O3. The van der Waals surface area contributed by atoms with Crippen LogP contribution in [0.1, 0.15) is 59.4 Å². The van der Waals surface area contributed by atoms with Crippen LogP contribution in [0.4, 0.5) is 0 Å². The molecule has 0 radical (unpaired) electrons. The monoisotopic (exact) mass is 370 g/mol. The minimum Gasteiger partial charge on any atom is -0.383 e. The van der Waals surface area contributed by atoms with E-state index in [1.807, 2.05) is 12.1 Å². The van der Waals surface area contributed by atoms with E-state index in [0.717, 1.165) is 36.6 Å². The van der Waals surface area contributed by atoms with Crippen molar-refractivity contribution >= 4 is 11.7 Å². The van der Waals surface area contributed by atoms with Gasteiger partial charge in [-0.25, -0.2) is 0 Å². The zero-order valence-corrected chi connectivity index (χ0v) is 16.6. The number of hydrogen-bond donors (Lipinski definition) is 1. The highest BCUT2D eigenvalue weighted by atomic mass is 16.5. The highest BCUT2D eigenvalue weighted by Gasteiger charge is 2.52. The Morgan fingerprint density at radius 3 is 2.85 bits per heavy atom. The van der Waals surface area contributed by atoms with Crippen molar-refractivity contribution in [2.75, 3.05) is 33.4 Å². The molecule has 1 aliphatic heterocycles. The molecule has 1 saturated carbocycles. The third kappa shape index (κ3) is 3.21. The zero-order valence-electron chi connectivity index (χ0n) is 16.6. The number of methoxy groups -OCH3 is 1. The number of amides is 1. The van der Waals surface area contributed by atoms with Crippen molar-refractivity contribution in [1.29, 1.82) is 0 Å². The van der Waals surface area contributed by atoms with E-state index in [2.05, 4.69) is 24.1 Å². The molecule has 146 valence electrons. The Balaban J connectivity index is 1.64. The van der Waals surface area contributed by atoms with Gasteiger partial charge in [0.2, 0.25) is 0 Å². The van der Waals surface area contributed by atoms with Gasteiger partial charge in [0.15, 0.2) is 5.78 Å². The predicted molar refractivity (Wildman–Crippen MR) is 104 cm³/mol. The van der Waals surface area contributed by atoms with Gasteiger partial charge >= 0.3 is 0 Å². The van der Waals surface area contributed by atoms with E-state index in [1.165, 1.54) is 12.8 Å². The van der Waals surface area contributed by atoms with E-state index < -0.39 is 0 Å². The van der Waals surface area contributed by atoms with Crippen LogP contribution in [-0.4, -0.2) is 56.0 Å². The molecule has 3 atom stereocenters. The molecule has 5 heteroatoms. The molecule has 5 nitrogen and oxygen atoms in total. The first-order valence-electron chi connectivity index (χ1n) is 10.2. The number of nitrogens with one attached hydrogen (secondary N) is 1. The summed E-state index contributed by atoms with van der Waals surface area (Å²) in [6, 6.07) is 5.61. The van der Waals surface area contributed by atoms with E-state index in [1.54, 1.807) is 13.2 Å². The minimum atomic E-state index is -0.105. The van der Waals surface area contributed by atoms with Gasteiger partial charge in [0.05, 0.1) is 12.6 Å². The molecule has 1 heterocycles. The maximum atomic E-state index is 13.3. The standard InChI is InChI=1S/C22H30N2O3/c1-14-19-20(25)17-7-6-16(21(26)23-9-11-27-3)12-18(17)22(14,2)8-10-24(19)13-15-4-5-15/h6-7,12,14-15,19H,4-5,8-11,13H2,1-3H3,(H,23,26)/t14-,19?,22+/m0/s1. The van der Waals surface area contributed by atoms with E-state index in [9.17, 15) is 9.59 Å². The van der Waals surface area contributed by atoms with Crippen molar-refractivity contribution in [2.45, 2.75) is 44.6 Å². The molecule has 1 N–H and O–H groups in total. The molecule has 2 bridgehead atoms. The summed E-state index contributed by atoms with van der Waals surface area (Å²) in [6.45, 7) is 7.50. The zero-order chi connectivity index (χ0) is 19.2. The summed E-state index contributed by atoms with van der Waals surface area (Å²) < 4.78 is 4.99. The normalized spacial score (nSPS) is 30.1. The van der Waals surface area contributed by atoms with Gasteiger partial charge in [-0.2, -0.15) is 0 Å². The smallest absolute Gasteiger partial charge is 0.251 e. The molecule has 0 aromatic heterocycles. The first-order chi connectivity index (χ1) is 13.0.